The second-order valence-electron chi connectivity index (χ2n) is 4.43. The van der Waals surface area contributed by atoms with Crippen LogP contribution in [-0.4, -0.2) is 22.3 Å². The smallest absolute Gasteiger partial charge is 0.344 e. The first-order chi connectivity index (χ1) is 8.45. The van der Waals surface area contributed by atoms with Crippen LogP contribution >= 0.6 is 0 Å². The number of hydrogen-bond donors (Lipinski definition) is 2. The third-order valence-electron chi connectivity index (χ3n) is 2.78. The maximum Gasteiger partial charge on any atom is 0.344 e. The Hall–Kier alpha value is -1.55. The minimum atomic E-state index is -0.948. The molecule has 1 rings (SSSR count). The van der Waals surface area contributed by atoms with E-state index >= 15 is 0 Å². The van der Waals surface area contributed by atoms with Crippen molar-refractivity contribution < 1.29 is 19.7 Å². The standard InChI is InChI=1S/C14H20O4/c1-4-5-13(14(16)17)18-12-7-6-11(10(3)15)8-9(12)2/h6-8,10,13,15H,4-5H2,1-3H3,(H,16,17)/t10-,13?/m0/s1. The van der Waals surface area contributed by atoms with Gasteiger partial charge in [0.2, 0.25) is 0 Å². The van der Waals surface area contributed by atoms with Crippen LogP contribution < -0.4 is 4.74 Å². The maximum atomic E-state index is 11.0. The van der Waals surface area contributed by atoms with Crippen molar-refractivity contribution in [2.75, 3.05) is 0 Å². The van der Waals surface area contributed by atoms with Gasteiger partial charge in [-0.05, 0) is 43.5 Å². The van der Waals surface area contributed by atoms with Gasteiger partial charge in [0.15, 0.2) is 6.10 Å². The lowest BCUT2D eigenvalue weighted by molar-refractivity contribution is -0.145. The Balaban J connectivity index is 2.86. The fourth-order valence-corrected chi connectivity index (χ4v) is 1.71. The van der Waals surface area contributed by atoms with Crippen LogP contribution in [0.15, 0.2) is 18.2 Å². The minimum Gasteiger partial charge on any atom is -0.479 e. The average Bonchev–Trinajstić information content (AvgIpc) is 2.30. The summed E-state index contributed by atoms with van der Waals surface area (Å²) in [5.41, 5.74) is 1.62. The zero-order chi connectivity index (χ0) is 13.7. The van der Waals surface area contributed by atoms with Gasteiger partial charge in [-0.3, -0.25) is 0 Å². The largest absolute Gasteiger partial charge is 0.479 e. The number of aliphatic carboxylic acids is 1. The number of ether oxygens (including phenoxy) is 1. The molecule has 4 nitrogen and oxygen atoms in total. The molecule has 0 bridgehead atoms. The molecule has 0 aliphatic carbocycles. The molecule has 4 heteroatoms. The van der Waals surface area contributed by atoms with Gasteiger partial charge in [0.1, 0.15) is 5.75 Å². The Kier molecular flexibility index (Phi) is 5.16. The van der Waals surface area contributed by atoms with Gasteiger partial charge < -0.3 is 14.9 Å². The van der Waals surface area contributed by atoms with Gasteiger partial charge in [0.05, 0.1) is 6.10 Å². The van der Waals surface area contributed by atoms with E-state index in [0.29, 0.717) is 12.2 Å². The SMILES string of the molecule is CCCC(Oc1ccc([C@H](C)O)cc1C)C(=O)O. The van der Waals surface area contributed by atoms with Gasteiger partial charge in [-0.25, -0.2) is 4.79 Å². The molecule has 0 aliphatic heterocycles. The number of aryl methyl sites for hydroxylation is 1. The second kappa shape index (κ2) is 6.40. The van der Waals surface area contributed by atoms with Crippen molar-refractivity contribution in [1.82, 2.24) is 0 Å². The summed E-state index contributed by atoms with van der Waals surface area (Å²) in [6, 6.07) is 5.27. The highest BCUT2D eigenvalue weighted by Crippen LogP contribution is 2.24. The average molecular weight is 252 g/mol. The van der Waals surface area contributed by atoms with Crippen LogP contribution in [0.5, 0.6) is 5.75 Å². The molecule has 1 unspecified atom stereocenters. The molecule has 0 fully saturated rings. The Labute approximate surface area is 107 Å². The quantitative estimate of drug-likeness (QED) is 0.816. The maximum absolute atomic E-state index is 11.0. The van der Waals surface area contributed by atoms with Gasteiger partial charge >= 0.3 is 5.97 Å². The van der Waals surface area contributed by atoms with Gasteiger partial charge in [0.25, 0.3) is 0 Å². The highest BCUT2D eigenvalue weighted by molar-refractivity contribution is 5.72. The molecule has 0 heterocycles. The van der Waals surface area contributed by atoms with Crippen LogP contribution in [0, 0.1) is 6.92 Å². The Morgan fingerprint density at radius 3 is 2.56 bits per heavy atom. The van der Waals surface area contributed by atoms with Crippen LogP contribution in [0.4, 0.5) is 0 Å². The number of carboxylic acids is 1. The Morgan fingerprint density at radius 1 is 1.44 bits per heavy atom. The molecule has 2 atom stereocenters. The van der Waals surface area contributed by atoms with E-state index in [9.17, 15) is 9.90 Å². The van der Waals surface area contributed by atoms with E-state index in [1.165, 1.54) is 0 Å². The topological polar surface area (TPSA) is 66.8 Å². The second-order valence-corrected chi connectivity index (χ2v) is 4.43. The van der Waals surface area contributed by atoms with Crippen LogP contribution in [0.1, 0.15) is 43.9 Å². The van der Waals surface area contributed by atoms with E-state index in [0.717, 1.165) is 17.5 Å². The molecule has 0 amide bonds. The molecule has 1 aromatic carbocycles. The monoisotopic (exact) mass is 252 g/mol. The van der Waals surface area contributed by atoms with E-state index < -0.39 is 18.2 Å². The molecular formula is C14H20O4. The van der Waals surface area contributed by atoms with Crippen molar-refractivity contribution in [3.8, 4) is 5.75 Å². The fourth-order valence-electron chi connectivity index (χ4n) is 1.71. The molecule has 0 saturated carbocycles. The van der Waals surface area contributed by atoms with Crippen molar-refractivity contribution in [2.24, 2.45) is 0 Å². The molecule has 18 heavy (non-hydrogen) atoms. The van der Waals surface area contributed by atoms with Crippen molar-refractivity contribution >= 4 is 5.97 Å². The summed E-state index contributed by atoms with van der Waals surface area (Å²) in [6.45, 7) is 5.45. The molecule has 0 radical (unpaired) electrons. The molecule has 0 aromatic heterocycles. The number of hydrogen-bond acceptors (Lipinski definition) is 3. The molecule has 2 N–H and O–H groups in total. The predicted octanol–water partition coefficient (Wildman–Crippen LogP) is 2.68. The third kappa shape index (κ3) is 3.74. The highest BCUT2D eigenvalue weighted by atomic mass is 16.5. The minimum absolute atomic E-state index is 0.479. The number of carboxylic acid groups (broad SMARTS) is 1. The molecule has 1 aromatic rings. The Morgan fingerprint density at radius 2 is 2.11 bits per heavy atom. The van der Waals surface area contributed by atoms with E-state index in [4.69, 9.17) is 9.84 Å². The molecule has 100 valence electrons. The lowest BCUT2D eigenvalue weighted by atomic mass is 10.1. The molecule has 0 saturated heterocycles. The van der Waals surface area contributed by atoms with Crippen LogP contribution in [0.2, 0.25) is 0 Å². The number of rotatable bonds is 6. The van der Waals surface area contributed by atoms with Crippen LogP contribution in [0.25, 0.3) is 0 Å². The lowest BCUT2D eigenvalue weighted by Gasteiger charge is -2.17. The Bertz CT molecular complexity index is 412. The molecule has 0 aliphatic rings. The lowest BCUT2D eigenvalue weighted by Crippen LogP contribution is -2.27. The van der Waals surface area contributed by atoms with Crippen LogP contribution in [-0.2, 0) is 4.79 Å². The van der Waals surface area contributed by atoms with Gasteiger partial charge in [-0.1, -0.05) is 19.4 Å². The summed E-state index contributed by atoms with van der Waals surface area (Å²) in [4.78, 5) is 11.0. The van der Waals surface area contributed by atoms with Crippen molar-refractivity contribution in [2.45, 2.75) is 45.8 Å². The summed E-state index contributed by atoms with van der Waals surface area (Å²) in [5.74, 6) is -0.392. The first-order valence-electron chi connectivity index (χ1n) is 6.13. The zero-order valence-corrected chi connectivity index (χ0v) is 11.0. The first kappa shape index (κ1) is 14.5. The third-order valence-corrected chi connectivity index (χ3v) is 2.78. The fraction of sp³-hybridized carbons (Fsp3) is 0.500. The predicted molar refractivity (Wildman–Crippen MR) is 68.8 cm³/mol. The van der Waals surface area contributed by atoms with Crippen LogP contribution in [0.3, 0.4) is 0 Å². The normalized spacial score (nSPS) is 14.0. The van der Waals surface area contributed by atoms with Gasteiger partial charge in [-0.2, -0.15) is 0 Å². The number of aliphatic hydroxyl groups is 1. The summed E-state index contributed by atoms with van der Waals surface area (Å²) in [7, 11) is 0. The summed E-state index contributed by atoms with van der Waals surface area (Å²) in [5, 5.41) is 18.5. The van der Waals surface area contributed by atoms with E-state index in [1.54, 1.807) is 19.1 Å². The van der Waals surface area contributed by atoms with Gasteiger partial charge in [0, 0.05) is 0 Å². The van der Waals surface area contributed by atoms with E-state index in [-0.39, 0.29) is 0 Å². The van der Waals surface area contributed by atoms with Gasteiger partial charge in [-0.15, -0.1) is 0 Å². The number of carbonyl (C=O) groups is 1. The van der Waals surface area contributed by atoms with Crippen molar-refractivity contribution in [1.29, 1.82) is 0 Å². The first-order valence-corrected chi connectivity index (χ1v) is 6.13. The molecular weight excluding hydrogens is 232 g/mol. The zero-order valence-electron chi connectivity index (χ0n) is 11.0. The van der Waals surface area contributed by atoms with E-state index in [2.05, 4.69) is 0 Å². The number of benzene rings is 1. The van der Waals surface area contributed by atoms with Crippen molar-refractivity contribution in [3.05, 3.63) is 29.3 Å². The summed E-state index contributed by atoms with van der Waals surface area (Å²) < 4.78 is 5.50. The summed E-state index contributed by atoms with van der Waals surface area (Å²) >= 11 is 0. The van der Waals surface area contributed by atoms with E-state index in [1.807, 2.05) is 19.9 Å². The van der Waals surface area contributed by atoms with Crippen molar-refractivity contribution in [3.63, 3.8) is 0 Å². The number of aliphatic hydroxyl groups excluding tert-OH is 1. The molecule has 0 spiro atoms. The highest BCUT2D eigenvalue weighted by Gasteiger charge is 2.19. The summed E-state index contributed by atoms with van der Waals surface area (Å²) in [6.07, 6.45) is -0.121.